The Hall–Kier alpha value is -1.59. The Kier molecular flexibility index (Phi) is 6.92. The number of hydrogen-bond acceptors (Lipinski definition) is 3. The molecule has 2 heterocycles. The average molecular weight is 359 g/mol. The van der Waals surface area contributed by atoms with Crippen molar-refractivity contribution >= 4 is 5.96 Å². The highest BCUT2D eigenvalue weighted by atomic mass is 16.5. The quantitative estimate of drug-likeness (QED) is 0.663. The van der Waals surface area contributed by atoms with Crippen molar-refractivity contribution < 1.29 is 4.74 Å². The third-order valence-corrected chi connectivity index (χ3v) is 5.83. The maximum absolute atomic E-state index is 5.87. The largest absolute Gasteiger partial charge is 0.374 e. The van der Waals surface area contributed by atoms with Gasteiger partial charge in [0.25, 0.3) is 0 Å². The lowest BCUT2D eigenvalue weighted by atomic mass is 9.79. The Morgan fingerprint density at radius 1 is 1.23 bits per heavy atom. The topological polar surface area (TPSA) is 40.1 Å². The van der Waals surface area contributed by atoms with E-state index in [1.165, 1.54) is 18.4 Å². The van der Waals surface area contributed by atoms with Crippen molar-refractivity contribution in [2.24, 2.45) is 10.9 Å². The molecule has 0 saturated carbocycles. The Labute approximate surface area is 158 Å². The van der Waals surface area contributed by atoms with Gasteiger partial charge in [-0.2, -0.15) is 0 Å². The molecular weight excluding hydrogens is 324 g/mol. The van der Waals surface area contributed by atoms with E-state index >= 15 is 0 Å². The molecule has 0 spiro atoms. The van der Waals surface area contributed by atoms with Gasteiger partial charge in [0.15, 0.2) is 5.96 Å². The van der Waals surface area contributed by atoms with Crippen molar-refractivity contribution in [1.29, 1.82) is 0 Å². The molecule has 5 nitrogen and oxygen atoms in total. The minimum absolute atomic E-state index is 0.245. The number of likely N-dealkylation sites (N-methyl/N-ethyl adjacent to an activating group) is 1. The van der Waals surface area contributed by atoms with E-state index in [0.29, 0.717) is 11.8 Å². The highest BCUT2D eigenvalue weighted by Gasteiger charge is 2.30. The molecule has 1 N–H and O–H groups in total. The van der Waals surface area contributed by atoms with Crippen LogP contribution in [0.4, 0.5) is 0 Å². The summed E-state index contributed by atoms with van der Waals surface area (Å²) in [6.45, 7) is 8.09. The molecule has 2 aliphatic heterocycles. The first-order valence-corrected chi connectivity index (χ1v) is 10.0. The van der Waals surface area contributed by atoms with Crippen LogP contribution in [-0.2, 0) is 4.74 Å². The summed E-state index contributed by atoms with van der Waals surface area (Å²) < 4.78 is 5.87. The SMILES string of the molecule is CCC1CN(C(=NC)NCC2CN(C)CCO2)CCC1c1ccccc1. The first-order chi connectivity index (χ1) is 12.7. The van der Waals surface area contributed by atoms with E-state index in [2.05, 4.69) is 64.4 Å². The third kappa shape index (κ3) is 4.77. The Morgan fingerprint density at radius 3 is 2.73 bits per heavy atom. The molecule has 2 aliphatic rings. The number of aliphatic imine (C=N–C) groups is 1. The number of likely N-dealkylation sites (tertiary alicyclic amines) is 1. The van der Waals surface area contributed by atoms with Crippen LogP contribution in [0.5, 0.6) is 0 Å². The van der Waals surface area contributed by atoms with Gasteiger partial charge in [-0.1, -0.05) is 43.7 Å². The van der Waals surface area contributed by atoms with Crippen LogP contribution in [-0.4, -0.2) is 75.3 Å². The van der Waals surface area contributed by atoms with Crippen LogP contribution in [0, 0.1) is 5.92 Å². The standard InChI is InChI=1S/C21H34N4O/c1-4-17-15-25(11-10-20(17)18-8-6-5-7-9-18)21(22-2)23-14-19-16-24(3)12-13-26-19/h5-9,17,19-20H,4,10-16H2,1-3H3,(H,22,23). The number of benzene rings is 1. The van der Waals surface area contributed by atoms with E-state index in [1.54, 1.807) is 0 Å². The first kappa shape index (κ1) is 19.2. The summed E-state index contributed by atoms with van der Waals surface area (Å²) >= 11 is 0. The lowest BCUT2D eigenvalue weighted by Crippen LogP contribution is -2.52. The van der Waals surface area contributed by atoms with Gasteiger partial charge in [-0.3, -0.25) is 4.99 Å². The summed E-state index contributed by atoms with van der Waals surface area (Å²) in [5, 5.41) is 3.55. The number of hydrogen-bond donors (Lipinski definition) is 1. The van der Waals surface area contributed by atoms with Gasteiger partial charge in [-0.15, -0.1) is 0 Å². The maximum atomic E-state index is 5.87. The number of ether oxygens (including phenoxy) is 1. The van der Waals surface area contributed by atoms with Crippen LogP contribution < -0.4 is 5.32 Å². The van der Waals surface area contributed by atoms with Crippen molar-refractivity contribution in [2.45, 2.75) is 31.8 Å². The predicted molar refractivity (Wildman–Crippen MR) is 108 cm³/mol. The van der Waals surface area contributed by atoms with E-state index in [4.69, 9.17) is 4.74 Å². The van der Waals surface area contributed by atoms with Crippen molar-refractivity contribution in [1.82, 2.24) is 15.1 Å². The van der Waals surface area contributed by atoms with Gasteiger partial charge in [-0.05, 0) is 30.9 Å². The lowest BCUT2D eigenvalue weighted by molar-refractivity contribution is -0.0164. The normalized spacial score (nSPS) is 28.2. The Balaban J connectivity index is 1.56. The first-order valence-electron chi connectivity index (χ1n) is 10.0. The van der Waals surface area contributed by atoms with E-state index < -0.39 is 0 Å². The number of piperidine rings is 1. The summed E-state index contributed by atoms with van der Waals surface area (Å²) in [6, 6.07) is 11.0. The second-order valence-corrected chi connectivity index (χ2v) is 7.60. The number of morpholine rings is 1. The molecule has 1 aromatic rings. The number of rotatable bonds is 4. The van der Waals surface area contributed by atoms with Crippen LogP contribution in [0.15, 0.2) is 35.3 Å². The van der Waals surface area contributed by atoms with Gasteiger partial charge in [0.2, 0.25) is 0 Å². The summed E-state index contributed by atoms with van der Waals surface area (Å²) in [4.78, 5) is 9.31. The van der Waals surface area contributed by atoms with E-state index in [9.17, 15) is 0 Å². The second kappa shape index (κ2) is 9.38. The summed E-state index contributed by atoms with van der Waals surface area (Å²) in [5.41, 5.74) is 1.49. The number of nitrogens with one attached hydrogen (secondary N) is 1. The smallest absolute Gasteiger partial charge is 0.193 e. The molecule has 144 valence electrons. The molecule has 3 atom stereocenters. The molecule has 26 heavy (non-hydrogen) atoms. The highest BCUT2D eigenvalue weighted by Crippen LogP contribution is 2.34. The fraction of sp³-hybridized carbons (Fsp3) is 0.667. The molecule has 1 aromatic carbocycles. The summed E-state index contributed by atoms with van der Waals surface area (Å²) in [5.74, 6) is 2.35. The Bertz CT molecular complexity index is 577. The molecular formula is C21H34N4O. The summed E-state index contributed by atoms with van der Waals surface area (Å²) in [6.07, 6.45) is 2.63. The van der Waals surface area contributed by atoms with E-state index in [1.807, 2.05) is 7.05 Å². The van der Waals surface area contributed by atoms with Crippen molar-refractivity contribution in [3.05, 3.63) is 35.9 Å². The van der Waals surface area contributed by atoms with Crippen molar-refractivity contribution in [3.63, 3.8) is 0 Å². The molecule has 0 bridgehead atoms. The minimum Gasteiger partial charge on any atom is -0.374 e. The minimum atomic E-state index is 0.245. The van der Waals surface area contributed by atoms with Crippen LogP contribution in [0.1, 0.15) is 31.2 Å². The van der Waals surface area contributed by atoms with E-state index in [0.717, 1.165) is 45.3 Å². The lowest BCUT2D eigenvalue weighted by Gasteiger charge is -2.40. The third-order valence-electron chi connectivity index (χ3n) is 5.83. The van der Waals surface area contributed by atoms with Gasteiger partial charge in [0.1, 0.15) is 0 Å². The fourth-order valence-electron chi connectivity index (χ4n) is 4.30. The zero-order valence-corrected chi connectivity index (χ0v) is 16.5. The molecule has 5 heteroatoms. The predicted octanol–water partition coefficient (Wildman–Crippen LogP) is 2.41. The van der Waals surface area contributed by atoms with Crippen LogP contribution in [0.25, 0.3) is 0 Å². The molecule has 2 fully saturated rings. The Morgan fingerprint density at radius 2 is 2.04 bits per heavy atom. The van der Waals surface area contributed by atoms with E-state index in [-0.39, 0.29) is 6.10 Å². The second-order valence-electron chi connectivity index (χ2n) is 7.60. The van der Waals surface area contributed by atoms with Crippen molar-refractivity contribution in [2.75, 3.05) is 53.4 Å². The fourth-order valence-corrected chi connectivity index (χ4v) is 4.30. The molecule has 0 aliphatic carbocycles. The average Bonchev–Trinajstić information content (AvgIpc) is 2.69. The molecule has 3 unspecified atom stereocenters. The highest BCUT2D eigenvalue weighted by molar-refractivity contribution is 5.80. The summed E-state index contributed by atoms with van der Waals surface area (Å²) in [7, 11) is 4.05. The van der Waals surface area contributed by atoms with Crippen LogP contribution >= 0.6 is 0 Å². The van der Waals surface area contributed by atoms with Gasteiger partial charge in [0, 0.05) is 39.8 Å². The number of guanidine groups is 1. The monoisotopic (exact) mass is 358 g/mol. The zero-order chi connectivity index (χ0) is 18.4. The molecule has 0 radical (unpaired) electrons. The number of nitrogens with zero attached hydrogens (tertiary/aromatic N) is 3. The molecule has 0 amide bonds. The van der Waals surface area contributed by atoms with Crippen LogP contribution in [0.3, 0.4) is 0 Å². The molecule has 2 saturated heterocycles. The zero-order valence-electron chi connectivity index (χ0n) is 16.5. The van der Waals surface area contributed by atoms with Crippen LogP contribution in [0.2, 0.25) is 0 Å². The molecule has 0 aromatic heterocycles. The van der Waals surface area contributed by atoms with Crippen molar-refractivity contribution in [3.8, 4) is 0 Å². The maximum Gasteiger partial charge on any atom is 0.193 e. The van der Waals surface area contributed by atoms with Gasteiger partial charge in [-0.25, -0.2) is 0 Å². The van der Waals surface area contributed by atoms with Gasteiger partial charge < -0.3 is 19.9 Å². The van der Waals surface area contributed by atoms with Gasteiger partial charge in [0.05, 0.1) is 12.7 Å². The van der Waals surface area contributed by atoms with Gasteiger partial charge >= 0.3 is 0 Å². The molecule has 3 rings (SSSR count).